The molecule has 132 valence electrons. The molecule has 0 spiro atoms. The average Bonchev–Trinajstić information content (AvgIpc) is 2.55. The van der Waals surface area contributed by atoms with E-state index in [1.165, 1.54) is 11.6 Å². The molecule has 0 saturated carbocycles. The molecule has 0 aliphatic carbocycles. The normalized spacial score (nSPS) is 11.7. The Morgan fingerprint density at radius 3 is 2.44 bits per heavy atom. The zero-order valence-electron chi connectivity index (χ0n) is 12.5. The fourth-order valence-electron chi connectivity index (χ4n) is 1.97. The first-order valence-corrected chi connectivity index (χ1v) is 6.83. The van der Waals surface area contributed by atoms with Crippen molar-refractivity contribution in [2.24, 2.45) is 0 Å². The van der Waals surface area contributed by atoms with E-state index in [-0.39, 0.29) is 6.54 Å². The first-order chi connectivity index (χ1) is 11.7. The fraction of sp³-hybridized carbons (Fsp3) is 0.133. The lowest BCUT2D eigenvalue weighted by atomic mass is 10.1. The summed E-state index contributed by atoms with van der Waals surface area (Å²) >= 11 is 0. The van der Waals surface area contributed by atoms with E-state index in [9.17, 15) is 27.6 Å². The Balaban J connectivity index is 2.26. The van der Waals surface area contributed by atoms with E-state index in [2.05, 4.69) is 0 Å². The molecule has 0 saturated heterocycles. The largest absolute Gasteiger partial charge is 0.423 e. The molecule has 7 nitrogen and oxygen atoms in total. The van der Waals surface area contributed by atoms with Crippen LogP contribution in [0.2, 0.25) is 0 Å². The Hall–Kier alpha value is -3.14. The zero-order chi connectivity index (χ0) is 18.6. The molecule has 1 heterocycles. The smallest absolute Gasteiger partial charge is 0.296 e. The number of nitrogens with zero attached hydrogens (tertiary/aromatic N) is 1. The van der Waals surface area contributed by atoms with Gasteiger partial charge in [0.05, 0.1) is 6.54 Å². The molecule has 0 fully saturated rings. The number of rotatable bonds is 4. The number of aromatic nitrogens is 2. The Bertz CT molecular complexity index is 911. The Kier molecular flexibility index (Phi) is 5.22. The number of hydroxylamine groups is 1. The summed E-state index contributed by atoms with van der Waals surface area (Å²) in [6.07, 6.45) is -1.91. The van der Waals surface area contributed by atoms with Gasteiger partial charge >= 0.3 is 11.9 Å². The van der Waals surface area contributed by atoms with Crippen LogP contribution in [0.15, 0.2) is 46.1 Å². The molecule has 10 heteroatoms. The third kappa shape index (κ3) is 4.67. The maximum Gasteiger partial charge on any atom is 0.423 e. The Labute approximate surface area is 138 Å². The molecule has 25 heavy (non-hydrogen) atoms. The summed E-state index contributed by atoms with van der Waals surface area (Å²) in [5.74, 6) is -0.719. The number of carbonyl (C=O) groups is 1. The lowest BCUT2D eigenvalue weighted by molar-refractivity contribution is -0.139. The van der Waals surface area contributed by atoms with Gasteiger partial charge in [0.25, 0.3) is 11.5 Å². The van der Waals surface area contributed by atoms with Crippen molar-refractivity contribution in [2.75, 3.05) is 0 Å². The number of H-pyrrole nitrogens is 1. The van der Waals surface area contributed by atoms with Gasteiger partial charge in [-0.3, -0.25) is 24.3 Å². The number of hydrogen-bond acceptors (Lipinski definition) is 4. The van der Waals surface area contributed by atoms with Crippen LogP contribution in [-0.4, -0.2) is 20.7 Å². The summed E-state index contributed by atoms with van der Waals surface area (Å²) in [5.41, 5.74) is -1.38. The molecule has 2 aromatic rings. The van der Waals surface area contributed by atoms with Crippen molar-refractivity contribution >= 4 is 12.0 Å². The van der Waals surface area contributed by atoms with E-state index in [1.807, 2.05) is 0 Å². The lowest BCUT2D eigenvalue weighted by Gasteiger charge is -2.10. The van der Waals surface area contributed by atoms with E-state index in [0.717, 1.165) is 10.6 Å². The van der Waals surface area contributed by atoms with Crippen molar-refractivity contribution in [2.45, 2.75) is 12.7 Å². The van der Waals surface area contributed by atoms with Gasteiger partial charge in [-0.15, -0.1) is 0 Å². The van der Waals surface area contributed by atoms with Gasteiger partial charge in [-0.25, -0.2) is 10.3 Å². The average molecular weight is 355 g/mol. The van der Waals surface area contributed by atoms with Crippen LogP contribution in [0, 0.1) is 0 Å². The predicted octanol–water partition coefficient (Wildman–Crippen LogP) is 1.12. The molecule has 0 radical (unpaired) electrons. The van der Waals surface area contributed by atoms with Gasteiger partial charge in [-0.2, -0.15) is 13.2 Å². The summed E-state index contributed by atoms with van der Waals surface area (Å²) in [7, 11) is 0. The van der Waals surface area contributed by atoms with Crippen molar-refractivity contribution in [1.29, 1.82) is 0 Å². The highest BCUT2D eigenvalue weighted by Crippen LogP contribution is 2.25. The van der Waals surface area contributed by atoms with Crippen LogP contribution >= 0.6 is 0 Å². The molecule has 1 amide bonds. The van der Waals surface area contributed by atoms with Gasteiger partial charge < -0.3 is 0 Å². The molecule has 0 aliphatic heterocycles. The molecule has 1 aromatic heterocycles. The predicted molar refractivity (Wildman–Crippen MR) is 80.8 cm³/mol. The standard InChI is InChI=1S/C15H12F3N3O4/c16-15(17,18)11-8-21(14(24)19-13(11)23)7-10-3-1-9(2-4-10)5-6-12(22)20-25/h1-6,8,25H,7H2,(H,20,22)(H,19,23,24)/b6-5+. The van der Waals surface area contributed by atoms with Crippen LogP contribution in [0.4, 0.5) is 13.2 Å². The highest BCUT2D eigenvalue weighted by atomic mass is 19.4. The van der Waals surface area contributed by atoms with Gasteiger partial charge in [0.15, 0.2) is 0 Å². The minimum absolute atomic E-state index is 0.181. The maximum atomic E-state index is 12.7. The highest BCUT2D eigenvalue weighted by Gasteiger charge is 2.34. The van der Waals surface area contributed by atoms with Crippen LogP contribution in [0.1, 0.15) is 16.7 Å². The number of amides is 1. The van der Waals surface area contributed by atoms with Gasteiger partial charge in [0, 0.05) is 12.3 Å². The number of hydrogen-bond donors (Lipinski definition) is 3. The van der Waals surface area contributed by atoms with E-state index < -0.39 is 28.9 Å². The van der Waals surface area contributed by atoms with Gasteiger partial charge in [0.1, 0.15) is 5.56 Å². The van der Waals surface area contributed by atoms with Gasteiger partial charge in [-0.05, 0) is 17.2 Å². The van der Waals surface area contributed by atoms with Crippen LogP contribution in [0.5, 0.6) is 0 Å². The Morgan fingerprint density at radius 2 is 1.88 bits per heavy atom. The molecule has 3 N–H and O–H groups in total. The van der Waals surface area contributed by atoms with Gasteiger partial charge in [-0.1, -0.05) is 24.3 Å². The first-order valence-electron chi connectivity index (χ1n) is 6.83. The van der Waals surface area contributed by atoms with Crippen LogP contribution in [0.25, 0.3) is 6.08 Å². The molecular formula is C15H12F3N3O4. The fourth-order valence-corrected chi connectivity index (χ4v) is 1.97. The van der Waals surface area contributed by atoms with E-state index >= 15 is 0 Å². The quantitative estimate of drug-likeness (QED) is 0.434. The second-order valence-corrected chi connectivity index (χ2v) is 4.98. The summed E-state index contributed by atoms with van der Waals surface area (Å²) in [6, 6.07) is 6.22. The lowest BCUT2D eigenvalue weighted by Crippen LogP contribution is -2.34. The van der Waals surface area contributed by atoms with Crippen LogP contribution in [0.3, 0.4) is 0 Å². The van der Waals surface area contributed by atoms with E-state index in [4.69, 9.17) is 5.21 Å². The van der Waals surface area contributed by atoms with E-state index in [1.54, 1.807) is 29.2 Å². The van der Waals surface area contributed by atoms with Crippen LogP contribution in [-0.2, 0) is 17.5 Å². The topological polar surface area (TPSA) is 104 Å². The second kappa shape index (κ2) is 7.18. The number of benzene rings is 1. The van der Waals surface area contributed by atoms with Crippen molar-refractivity contribution in [3.63, 3.8) is 0 Å². The minimum atomic E-state index is -4.87. The zero-order valence-corrected chi connectivity index (χ0v) is 12.5. The minimum Gasteiger partial charge on any atom is -0.296 e. The van der Waals surface area contributed by atoms with Crippen molar-refractivity contribution in [3.8, 4) is 0 Å². The first kappa shape index (κ1) is 18.2. The van der Waals surface area contributed by atoms with Crippen molar-refractivity contribution in [1.82, 2.24) is 15.0 Å². The summed E-state index contributed by atoms with van der Waals surface area (Å²) < 4.78 is 39.0. The van der Waals surface area contributed by atoms with Crippen molar-refractivity contribution in [3.05, 3.63) is 74.1 Å². The molecular weight excluding hydrogens is 343 g/mol. The van der Waals surface area contributed by atoms with E-state index in [0.29, 0.717) is 17.3 Å². The van der Waals surface area contributed by atoms with Crippen molar-refractivity contribution < 1.29 is 23.2 Å². The number of carbonyl (C=O) groups excluding carboxylic acids is 1. The number of nitrogens with one attached hydrogen (secondary N) is 2. The highest BCUT2D eigenvalue weighted by molar-refractivity contribution is 5.90. The number of aromatic amines is 1. The molecule has 0 aliphatic rings. The second-order valence-electron chi connectivity index (χ2n) is 4.98. The molecule has 0 unspecified atom stereocenters. The monoisotopic (exact) mass is 355 g/mol. The molecule has 1 aromatic carbocycles. The third-order valence-corrected chi connectivity index (χ3v) is 3.19. The molecule has 0 atom stereocenters. The number of halogens is 3. The third-order valence-electron chi connectivity index (χ3n) is 3.19. The summed E-state index contributed by atoms with van der Waals surface area (Å²) in [6.45, 7) is -0.181. The SMILES string of the molecule is O=C(/C=C/c1ccc(Cn2cc(C(F)(F)F)c(=O)[nH]c2=O)cc1)NO. The summed E-state index contributed by atoms with van der Waals surface area (Å²) in [5, 5.41) is 8.36. The maximum absolute atomic E-state index is 12.7. The molecule has 2 rings (SSSR count). The van der Waals surface area contributed by atoms with Crippen LogP contribution < -0.4 is 16.7 Å². The number of alkyl halides is 3. The summed E-state index contributed by atoms with van der Waals surface area (Å²) in [4.78, 5) is 35.4. The van der Waals surface area contributed by atoms with Gasteiger partial charge in [0.2, 0.25) is 0 Å². The molecule has 0 bridgehead atoms. The Morgan fingerprint density at radius 1 is 1.24 bits per heavy atom.